The van der Waals surface area contributed by atoms with E-state index in [-0.39, 0.29) is 18.2 Å². The second-order valence-electron chi connectivity index (χ2n) is 5.45. The SMILES string of the molecule is C[C@@H](Oc1ccccc1[N+](=O)[O-])C(=O)N/N=C\c1cc2c(cc1Br)OCO2. The van der Waals surface area contributed by atoms with Crippen molar-refractivity contribution in [2.45, 2.75) is 13.0 Å². The summed E-state index contributed by atoms with van der Waals surface area (Å²) >= 11 is 3.38. The van der Waals surface area contributed by atoms with Gasteiger partial charge in [0.15, 0.2) is 23.4 Å². The zero-order valence-electron chi connectivity index (χ0n) is 14.0. The summed E-state index contributed by atoms with van der Waals surface area (Å²) in [6, 6.07) is 9.29. The topological polar surface area (TPSA) is 112 Å². The number of nitrogens with one attached hydrogen (secondary N) is 1. The van der Waals surface area contributed by atoms with Crippen molar-refractivity contribution >= 4 is 33.7 Å². The summed E-state index contributed by atoms with van der Waals surface area (Å²) in [6.07, 6.45) is 0.449. The first-order valence-electron chi connectivity index (χ1n) is 7.78. The lowest BCUT2D eigenvalue weighted by Crippen LogP contribution is -2.33. The lowest BCUT2D eigenvalue weighted by atomic mass is 10.2. The van der Waals surface area contributed by atoms with Crippen LogP contribution in [0.15, 0.2) is 46.0 Å². The number of carbonyl (C=O) groups excluding carboxylic acids is 1. The smallest absolute Gasteiger partial charge is 0.310 e. The average molecular weight is 436 g/mol. The number of halogens is 1. The van der Waals surface area contributed by atoms with Crippen LogP contribution in [0.1, 0.15) is 12.5 Å². The van der Waals surface area contributed by atoms with Crippen molar-refractivity contribution in [2.24, 2.45) is 5.10 Å². The third-order valence-electron chi connectivity index (χ3n) is 3.61. The summed E-state index contributed by atoms with van der Waals surface area (Å²) in [5, 5.41) is 14.9. The number of carbonyl (C=O) groups is 1. The Kier molecular flexibility index (Phi) is 5.55. The number of nitro benzene ring substituents is 1. The predicted octanol–water partition coefficient (Wildman–Crippen LogP) is 3.00. The first kappa shape index (κ1) is 18.6. The number of hydrogen-bond acceptors (Lipinski definition) is 7. The molecular formula is C17H14BrN3O6. The normalized spacial score (nSPS) is 13.4. The highest BCUT2D eigenvalue weighted by atomic mass is 79.9. The molecule has 10 heteroatoms. The molecule has 1 N–H and O–H groups in total. The monoisotopic (exact) mass is 435 g/mol. The van der Waals surface area contributed by atoms with Gasteiger partial charge in [0, 0.05) is 16.1 Å². The van der Waals surface area contributed by atoms with Crippen molar-refractivity contribution in [3.05, 3.63) is 56.5 Å². The fourth-order valence-corrected chi connectivity index (χ4v) is 2.66. The summed E-state index contributed by atoms with van der Waals surface area (Å²) in [5.41, 5.74) is 2.79. The molecule has 0 spiro atoms. The zero-order valence-corrected chi connectivity index (χ0v) is 15.6. The van der Waals surface area contributed by atoms with Crippen molar-refractivity contribution in [1.82, 2.24) is 5.43 Å². The lowest BCUT2D eigenvalue weighted by Gasteiger charge is -2.12. The Morgan fingerprint density at radius 3 is 2.81 bits per heavy atom. The number of hydrogen-bond donors (Lipinski definition) is 1. The van der Waals surface area contributed by atoms with E-state index in [9.17, 15) is 14.9 Å². The number of benzene rings is 2. The molecule has 0 unspecified atom stereocenters. The summed E-state index contributed by atoms with van der Waals surface area (Å²) in [5.74, 6) is 0.655. The van der Waals surface area contributed by atoms with E-state index in [1.165, 1.54) is 31.3 Å². The van der Waals surface area contributed by atoms with Gasteiger partial charge in [-0.3, -0.25) is 14.9 Å². The maximum absolute atomic E-state index is 12.1. The number of ether oxygens (including phenoxy) is 3. The van der Waals surface area contributed by atoms with Crippen LogP contribution in [-0.4, -0.2) is 29.9 Å². The molecule has 3 rings (SSSR count). The highest BCUT2D eigenvalue weighted by Crippen LogP contribution is 2.36. The van der Waals surface area contributed by atoms with Crippen LogP contribution in [0, 0.1) is 10.1 Å². The second kappa shape index (κ2) is 8.04. The molecule has 1 aliphatic heterocycles. The van der Waals surface area contributed by atoms with Gasteiger partial charge in [0.25, 0.3) is 5.91 Å². The summed E-state index contributed by atoms with van der Waals surface area (Å²) in [4.78, 5) is 22.5. The van der Waals surface area contributed by atoms with E-state index >= 15 is 0 Å². The van der Waals surface area contributed by atoms with E-state index < -0.39 is 16.9 Å². The fourth-order valence-electron chi connectivity index (χ4n) is 2.24. The molecule has 0 saturated carbocycles. The molecular weight excluding hydrogens is 422 g/mol. The second-order valence-corrected chi connectivity index (χ2v) is 6.30. The highest BCUT2D eigenvalue weighted by molar-refractivity contribution is 9.10. The molecule has 1 heterocycles. The predicted molar refractivity (Wildman–Crippen MR) is 99.2 cm³/mol. The Morgan fingerprint density at radius 2 is 2.07 bits per heavy atom. The third kappa shape index (κ3) is 4.34. The van der Waals surface area contributed by atoms with Gasteiger partial charge in [0.2, 0.25) is 6.79 Å². The van der Waals surface area contributed by atoms with Crippen LogP contribution in [0.5, 0.6) is 17.2 Å². The fraction of sp³-hybridized carbons (Fsp3) is 0.176. The standard InChI is InChI=1S/C17H14BrN3O6/c1-10(27-14-5-3-2-4-13(14)21(23)24)17(22)20-19-8-11-6-15-16(7-12(11)18)26-9-25-15/h2-8,10H,9H2,1H3,(H,20,22)/b19-8-/t10-/m1/s1. The molecule has 1 aliphatic rings. The average Bonchev–Trinajstić information content (AvgIpc) is 3.09. The van der Waals surface area contributed by atoms with Crippen molar-refractivity contribution in [3.63, 3.8) is 0 Å². The van der Waals surface area contributed by atoms with Crippen LogP contribution in [0.25, 0.3) is 0 Å². The van der Waals surface area contributed by atoms with E-state index in [2.05, 4.69) is 26.5 Å². The first-order chi connectivity index (χ1) is 13.0. The van der Waals surface area contributed by atoms with Crippen LogP contribution in [0.2, 0.25) is 0 Å². The molecule has 0 radical (unpaired) electrons. The van der Waals surface area contributed by atoms with Crippen LogP contribution in [0.3, 0.4) is 0 Å². The van der Waals surface area contributed by atoms with Crippen LogP contribution in [-0.2, 0) is 4.79 Å². The molecule has 0 aliphatic carbocycles. The number of nitro groups is 1. The lowest BCUT2D eigenvalue weighted by molar-refractivity contribution is -0.386. The van der Waals surface area contributed by atoms with Gasteiger partial charge >= 0.3 is 5.69 Å². The Balaban J connectivity index is 1.62. The van der Waals surface area contributed by atoms with Gasteiger partial charge in [-0.1, -0.05) is 12.1 Å². The van der Waals surface area contributed by atoms with Crippen LogP contribution >= 0.6 is 15.9 Å². The summed E-state index contributed by atoms with van der Waals surface area (Å²) in [7, 11) is 0. The summed E-state index contributed by atoms with van der Waals surface area (Å²) < 4.78 is 16.6. The maximum atomic E-state index is 12.1. The molecule has 0 aromatic heterocycles. The first-order valence-corrected chi connectivity index (χ1v) is 8.57. The largest absolute Gasteiger partial charge is 0.474 e. The van der Waals surface area contributed by atoms with Gasteiger partial charge in [-0.05, 0) is 41.1 Å². The van der Waals surface area contributed by atoms with E-state index in [1.54, 1.807) is 18.2 Å². The van der Waals surface area contributed by atoms with E-state index in [0.29, 0.717) is 21.5 Å². The van der Waals surface area contributed by atoms with Crippen molar-refractivity contribution in [2.75, 3.05) is 6.79 Å². The molecule has 0 fully saturated rings. The number of fused-ring (bicyclic) bond motifs is 1. The number of amides is 1. The molecule has 140 valence electrons. The molecule has 27 heavy (non-hydrogen) atoms. The number of nitrogens with zero attached hydrogens (tertiary/aromatic N) is 2. The zero-order chi connectivity index (χ0) is 19.4. The molecule has 2 aromatic rings. The maximum Gasteiger partial charge on any atom is 0.310 e. The van der Waals surface area contributed by atoms with E-state index in [1.807, 2.05) is 0 Å². The molecule has 0 bridgehead atoms. The minimum atomic E-state index is -0.983. The quantitative estimate of drug-likeness (QED) is 0.423. The van der Waals surface area contributed by atoms with Crippen molar-refractivity contribution < 1.29 is 23.9 Å². The minimum Gasteiger partial charge on any atom is -0.474 e. The van der Waals surface area contributed by atoms with Gasteiger partial charge in [-0.2, -0.15) is 5.10 Å². The van der Waals surface area contributed by atoms with Crippen LogP contribution < -0.4 is 19.6 Å². The summed E-state index contributed by atoms with van der Waals surface area (Å²) in [6.45, 7) is 1.62. The molecule has 2 aromatic carbocycles. The third-order valence-corrected chi connectivity index (χ3v) is 4.29. The molecule has 1 amide bonds. The van der Waals surface area contributed by atoms with E-state index in [0.717, 1.165) is 0 Å². The van der Waals surface area contributed by atoms with Gasteiger partial charge in [0.05, 0.1) is 11.1 Å². The Labute approximate surface area is 162 Å². The minimum absolute atomic E-state index is 0.00708. The van der Waals surface area contributed by atoms with Gasteiger partial charge < -0.3 is 14.2 Å². The van der Waals surface area contributed by atoms with Gasteiger partial charge in [-0.15, -0.1) is 0 Å². The Hall–Kier alpha value is -3.14. The van der Waals surface area contributed by atoms with Gasteiger partial charge in [-0.25, -0.2) is 5.43 Å². The Bertz CT molecular complexity index is 918. The number of hydrazone groups is 1. The number of para-hydroxylation sites is 2. The van der Waals surface area contributed by atoms with E-state index in [4.69, 9.17) is 14.2 Å². The Morgan fingerprint density at radius 1 is 1.37 bits per heavy atom. The molecule has 0 saturated heterocycles. The van der Waals surface area contributed by atoms with Crippen molar-refractivity contribution in [3.8, 4) is 17.2 Å². The van der Waals surface area contributed by atoms with Gasteiger partial charge in [0.1, 0.15) is 0 Å². The molecule has 1 atom stereocenters. The molecule has 9 nitrogen and oxygen atoms in total. The van der Waals surface area contributed by atoms with Crippen LogP contribution in [0.4, 0.5) is 5.69 Å². The highest BCUT2D eigenvalue weighted by Gasteiger charge is 2.20. The number of rotatable bonds is 6. The van der Waals surface area contributed by atoms with Crippen molar-refractivity contribution in [1.29, 1.82) is 0 Å².